The molecule has 174 valence electrons. The lowest BCUT2D eigenvalue weighted by atomic mass is 10.0. The molecule has 0 radical (unpaired) electrons. The van der Waals surface area contributed by atoms with E-state index in [0.29, 0.717) is 11.6 Å². The molecule has 1 atom stereocenters. The second-order valence-electron chi connectivity index (χ2n) is 9.12. The monoisotopic (exact) mass is 453 g/mol. The van der Waals surface area contributed by atoms with Crippen molar-refractivity contribution in [3.63, 3.8) is 0 Å². The van der Waals surface area contributed by atoms with E-state index in [4.69, 9.17) is 0 Å². The highest BCUT2D eigenvalue weighted by Crippen LogP contribution is 2.26. The van der Waals surface area contributed by atoms with Crippen LogP contribution in [-0.2, 0) is 16.0 Å². The third kappa shape index (κ3) is 5.04. The van der Waals surface area contributed by atoms with Gasteiger partial charge in [-0.05, 0) is 47.7 Å². The third-order valence-electron chi connectivity index (χ3n) is 6.28. The number of hydrogen-bond acceptors (Lipinski definition) is 2. The number of amides is 2. The van der Waals surface area contributed by atoms with Crippen molar-refractivity contribution < 1.29 is 9.59 Å². The molecular weight excluding hydrogens is 422 g/mol. The molecular formula is C29H31N3O2. The number of aromatic amines is 1. The van der Waals surface area contributed by atoms with Gasteiger partial charge in [-0.25, -0.2) is 0 Å². The number of para-hydroxylation sites is 1. The van der Waals surface area contributed by atoms with Crippen LogP contribution in [0.25, 0.3) is 10.9 Å². The summed E-state index contributed by atoms with van der Waals surface area (Å²) in [4.78, 5) is 31.6. The van der Waals surface area contributed by atoms with Gasteiger partial charge >= 0.3 is 0 Å². The van der Waals surface area contributed by atoms with E-state index in [2.05, 4.69) is 24.1 Å². The SMILES string of the molecule is Cc1ccc([C@@H](C(=O)Nc2ccc(C(C)C)cc2)N(C)C(=O)Cc2c[nH]c3ccccc23)cc1. The standard InChI is InChI=1S/C29H31N3O2/c1-19(2)21-13-15-24(16-14-21)31-29(34)28(22-11-9-20(3)10-12-22)32(4)27(33)17-23-18-30-26-8-6-5-7-25(23)26/h5-16,18-19,28,30H,17H2,1-4H3,(H,31,34)/t28-/m0/s1. The summed E-state index contributed by atoms with van der Waals surface area (Å²) in [5, 5.41) is 4.03. The Morgan fingerprint density at radius 3 is 2.24 bits per heavy atom. The molecule has 2 N–H and O–H groups in total. The van der Waals surface area contributed by atoms with Gasteiger partial charge in [-0.2, -0.15) is 0 Å². The van der Waals surface area contributed by atoms with Gasteiger partial charge in [-0.3, -0.25) is 9.59 Å². The van der Waals surface area contributed by atoms with Crippen LogP contribution in [0, 0.1) is 6.92 Å². The number of H-pyrrole nitrogens is 1. The van der Waals surface area contributed by atoms with Crippen LogP contribution in [0.4, 0.5) is 5.69 Å². The molecule has 5 heteroatoms. The zero-order chi connectivity index (χ0) is 24.2. The lowest BCUT2D eigenvalue weighted by Crippen LogP contribution is -2.39. The molecule has 4 rings (SSSR count). The number of nitrogens with zero attached hydrogens (tertiary/aromatic N) is 1. The van der Waals surface area contributed by atoms with Crippen LogP contribution in [0.5, 0.6) is 0 Å². The number of hydrogen-bond donors (Lipinski definition) is 2. The first kappa shape index (κ1) is 23.3. The third-order valence-corrected chi connectivity index (χ3v) is 6.28. The molecule has 0 saturated carbocycles. The second-order valence-corrected chi connectivity index (χ2v) is 9.12. The molecule has 0 spiro atoms. The van der Waals surface area contributed by atoms with Crippen LogP contribution in [0.2, 0.25) is 0 Å². The van der Waals surface area contributed by atoms with E-state index < -0.39 is 6.04 Å². The van der Waals surface area contributed by atoms with Crippen LogP contribution < -0.4 is 5.32 Å². The molecule has 0 saturated heterocycles. The van der Waals surface area contributed by atoms with Gasteiger partial charge in [0.25, 0.3) is 5.91 Å². The number of carbonyl (C=O) groups excluding carboxylic acids is 2. The van der Waals surface area contributed by atoms with Gasteiger partial charge in [-0.15, -0.1) is 0 Å². The Balaban J connectivity index is 1.58. The summed E-state index contributed by atoms with van der Waals surface area (Å²) in [6, 6.07) is 22.8. The van der Waals surface area contributed by atoms with E-state index in [-0.39, 0.29) is 18.2 Å². The number of carbonyl (C=O) groups is 2. The smallest absolute Gasteiger partial charge is 0.251 e. The molecule has 0 bridgehead atoms. The Bertz CT molecular complexity index is 1290. The van der Waals surface area contributed by atoms with Crippen molar-refractivity contribution in [2.24, 2.45) is 0 Å². The molecule has 0 aliphatic rings. The quantitative estimate of drug-likeness (QED) is 0.361. The molecule has 0 aliphatic heterocycles. The molecule has 3 aromatic carbocycles. The summed E-state index contributed by atoms with van der Waals surface area (Å²) in [7, 11) is 1.70. The first-order chi connectivity index (χ1) is 16.3. The van der Waals surface area contributed by atoms with E-state index in [1.54, 1.807) is 11.9 Å². The van der Waals surface area contributed by atoms with Crippen molar-refractivity contribution in [2.75, 3.05) is 12.4 Å². The van der Waals surface area contributed by atoms with Crippen molar-refractivity contribution in [1.82, 2.24) is 9.88 Å². The summed E-state index contributed by atoms with van der Waals surface area (Å²) in [6.45, 7) is 6.27. The molecule has 4 aromatic rings. The Morgan fingerprint density at radius 2 is 1.56 bits per heavy atom. The number of likely N-dealkylation sites (N-methyl/N-ethyl adjacent to an activating group) is 1. The summed E-state index contributed by atoms with van der Waals surface area (Å²) in [5.41, 5.74) is 5.70. The molecule has 0 fully saturated rings. The summed E-state index contributed by atoms with van der Waals surface area (Å²) >= 11 is 0. The second kappa shape index (κ2) is 9.96. The summed E-state index contributed by atoms with van der Waals surface area (Å²) in [6.07, 6.45) is 2.08. The number of aromatic nitrogens is 1. The van der Waals surface area contributed by atoms with E-state index in [1.807, 2.05) is 85.9 Å². The van der Waals surface area contributed by atoms with Gasteiger partial charge in [-0.1, -0.05) is 74.0 Å². The first-order valence-corrected chi connectivity index (χ1v) is 11.6. The van der Waals surface area contributed by atoms with Crippen molar-refractivity contribution in [3.05, 3.63) is 101 Å². The van der Waals surface area contributed by atoms with E-state index in [1.165, 1.54) is 5.56 Å². The highest BCUT2D eigenvalue weighted by atomic mass is 16.2. The Kier molecular flexibility index (Phi) is 6.82. The van der Waals surface area contributed by atoms with Crippen molar-refractivity contribution >= 4 is 28.4 Å². The predicted octanol–water partition coefficient (Wildman–Crippen LogP) is 5.98. The number of nitrogens with one attached hydrogen (secondary N) is 2. The fourth-order valence-corrected chi connectivity index (χ4v) is 4.17. The minimum Gasteiger partial charge on any atom is -0.361 e. The minimum absolute atomic E-state index is 0.124. The van der Waals surface area contributed by atoms with Crippen LogP contribution in [-0.4, -0.2) is 28.7 Å². The van der Waals surface area contributed by atoms with E-state index >= 15 is 0 Å². The number of benzene rings is 3. The average Bonchev–Trinajstić information content (AvgIpc) is 3.23. The van der Waals surface area contributed by atoms with Gasteiger partial charge in [0.2, 0.25) is 5.91 Å². The summed E-state index contributed by atoms with van der Waals surface area (Å²) in [5.74, 6) is 0.0508. The van der Waals surface area contributed by atoms with Gasteiger partial charge in [0.15, 0.2) is 0 Å². The Hall–Kier alpha value is -3.86. The Morgan fingerprint density at radius 1 is 0.912 bits per heavy atom. The van der Waals surface area contributed by atoms with Crippen molar-refractivity contribution in [3.8, 4) is 0 Å². The number of aryl methyl sites for hydroxylation is 1. The van der Waals surface area contributed by atoms with E-state index in [9.17, 15) is 9.59 Å². The molecule has 0 aliphatic carbocycles. The first-order valence-electron chi connectivity index (χ1n) is 11.6. The lowest BCUT2D eigenvalue weighted by Gasteiger charge is -2.28. The normalized spacial score (nSPS) is 12.0. The van der Waals surface area contributed by atoms with Crippen LogP contribution in [0.1, 0.15) is 48.1 Å². The molecule has 1 heterocycles. The highest BCUT2D eigenvalue weighted by Gasteiger charge is 2.29. The van der Waals surface area contributed by atoms with Gasteiger partial charge in [0.05, 0.1) is 6.42 Å². The predicted molar refractivity (Wildman–Crippen MR) is 138 cm³/mol. The molecule has 2 amide bonds. The van der Waals surface area contributed by atoms with Crippen LogP contribution >= 0.6 is 0 Å². The molecule has 1 aromatic heterocycles. The highest BCUT2D eigenvalue weighted by molar-refractivity contribution is 5.98. The lowest BCUT2D eigenvalue weighted by molar-refractivity contribution is -0.136. The van der Waals surface area contributed by atoms with Crippen molar-refractivity contribution in [2.45, 2.75) is 39.2 Å². The van der Waals surface area contributed by atoms with Gasteiger partial charge in [0, 0.05) is 29.8 Å². The molecule has 5 nitrogen and oxygen atoms in total. The van der Waals surface area contributed by atoms with Crippen LogP contribution in [0.3, 0.4) is 0 Å². The number of fused-ring (bicyclic) bond motifs is 1. The van der Waals surface area contributed by atoms with E-state index in [0.717, 1.165) is 27.6 Å². The maximum Gasteiger partial charge on any atom is 0.251 e. The zero-order valence-corrected chi connectivity index (χ0v) is 20.1. The Labute approximate surface area is 200 Å². The number of rotatable bonds is 7. The molecule has 34 heavy (non-hydrogen) atoms. The zero-order valence-electron chi connectivity index (χ0n) is 20.1. The largest absolute Gasteiger partial charge is 0.361 e. The fourth-order valence-electron chi connectivity index (χ4n) is 4.17. The maximum absolute atomic E-state index is 13.5. The van der Waals surface area contributed by atoms with Gasteiger partial charge in [0.1, 0.15) is 6.04 Å². The fraction of sp³-hybridized carbons (Fsp3) is 0.241. The van der Waals surface area contributed by atoms with Crippen LogP contribution in [0.15, 0.2) is 79.0 Å². The average molecular weight is 454 g/mol. The van der Waals surface area contributed by atoms with Gasteiger partial charge < -0.3 is 15.2 Å². The number of anilines is 1. The topological polar surface area (TPSA) is 65.2 Å². The molecule has 0 unspecified atom stereocenters. The summed E-state index contributed by atoms with van der Waals surface area (Å²) < 4.78 is 0. The maximum atomic E-state index is 13.5. The van der Waals surface area contributed by atoms with Crippen molar-refractivity contribution in [1.29, 1.82) is 0 Å². The minimum atomic E-state index is -0.747.